The van der Waals surface area contributed by atoms with Gasteiger partial charge in [0, 0.05) is 7.05 Å². The summed E-state index contributed by atoms with van der Waals surface area (Å²) in [5.74, 6) is 3.82. The van der Waals surface area contributed by atoms with E-state index in [2.05, 4.69) is 16.1 Å². The van der Waals surface area contributed by atoms with Crippen molar-refractivity contribution >= 4 is 17.5 Å². The molecule has 5 N–H and O–H groups in total. The van der Waals surface area contributed by atoms with Gasteiger partial charge in [-0.05, 0) is 18.2 Å². The monoisotopic (exact) mass is 290 g/mol. The molecule has 0 aliphatic rings. The third kappa shape index (κ3) is 3.85. The molecule has 0 unspecified atom stereocenters. The quantitative estimate of drug-likeness (QED) is 0.478. The van der Waals surface area contributed by atoms with E-state index in [1.807, 2.05) is 0 Å². The Bertz CT molecular complexity index is 517. The molecule has 0 spiro atoms. The number of halogens is 3. The minimum absolute atomic E-state index is 0.0207. The number of rotatable bonds is 4. The van der Waals surface area contributed by atoms with Crippen LogP contribution in [-0.2, 0) is 11.0 Å². The maximum Gasteiger partial charge on any atom is 0.416 e. The van der Waals surface area contributed by atoms with Crippen LogP contribution in [0.5, 0.6) is 0 Å². The number of benzene rings is 1. The number of anilines is 1. The lowest BCUT2D eigenvalue weighted by Gasteiger charge is -2.13. The van der Waals surface area contributed by atoms with Crippen LogP contribution < -0.4 is 21.9 Å². The number of nitrogen functional groups attached to an aromatic ring is 1. The number of nitrogens with one attached hydrogen (secondary N) is 3. The molecule has 0 fully saturated rings. The summed E-state index contributed by atoms with van der Waals surface area (Å²) in [5.41, 5.74) is 0.864. The number of hydrogen-bond donors (Lipinski definition) is 4. The second kappa shape index (κ2) is 6.24. The average molecular weight is 290 g/mol. The molecule has 1 aromatic carbocycles. The number of amides is 2. The molecule has 9 heteroatoms. The number of carbonyl (C=O) groups is 2. The molecular weight excluding hydrogens is 277 g/mol. The van der Waals surface area contributed by atoms with Crippen LogP contribution in [0.3, 0.4) is 0 Å². The molecule has 0 aromatic heterocycles. The van der Waals surface area contributed by atoms with Crippen molar-refractivity contribution in [2.45, 2.75) is 6.18 Å². The number of alkyl halides is 3. The Morgan fingerprint density at radius 3 is 2.45 bits per heavy atom. The summed E-state index contributed by atoms with van der Waals surface area (Å²) in [4.78, 5) is 22.8. The molecular formula is C11H13F3N4O2. The largest absolute Gasteiger partial charge is 0.416 e. The van der Waals surface area contributed by atoms with Crippen molar-refractivity contribution in [2.75, 3.05) is 19.0 Å². The topological polar surface area (TPSA) is 96.2 Å². The zero-order valence-corrected chi connectivity index (χ0v) is 10.5. The summed E-state index contributed by atoms with van der Waals surface area (Å²) in [5, 5.41) is 4.45. The predicted octanol–water partition coefficient (Wildman–Crippen LogP) is 0.467. The van der Waals surface area contributed by atoms with Gasteiger partial charge in [0.2, 0.25) is 5.91 Å². The van der Waals surface area contributed by atoms with Crippen LogP contribution in [0.15, 0.2) is 18.2 Å². The van der Waals surface area contributed by atoms with E-state index in [9.17, 15) is 22.8 Å². The van der Waals surface area contributed by atoms with Gasteiger partial charge in [-0.2, -0.15) is 13.2 Å². The fourth-order valence-electron chi connectivity index (χ4n) is 1.38. The van der Waals surface area contributed by atoms with Crippen LogP contribution in [0.4, 0.5) is 18.9 Å². The van der Waals surface area contributed by atoms with Gasteiger partial charge in [0.05, 0.1) is 23.4 Å². The highest BCUT2D eigenvalue weighted by Crippen LogP contribution is 2.31. The van der Waals surface area contributed by atoms with Gasteiger partial charge in [0.15, 0.2) is 0 Å². The van der Waals surface area contributed by atoms with Crippen molar-refractivity contribution in [1.29, 1.82) is 0 Å². The van der Waals surface area contributed by atoms with Gasteiger partial charge in [-0.25, -0.2) is 0 Å². The summed E-state index contributed by atoms with van der Waals surface area (Å²) in [6.07, 6.45) is -4.58. The van der Waals surface area contributed by atoms with Gasteiger partial charge in [0.25, 0.3) is 5.91 Å². The first-order chi connectivity index (χ1) is 9.29. The molecule has 110 valence electrons. The molecule has 0 bridgehead atoms. The summed E-state index contributed by atoms with van der Waals surface area (Å²) in [6.45, 7) is -0.352. The number of carbonyl (C=O) groups excluding carboxylic acids is 2. The van der Waals surface area contributed by atoms with Gasteiger partial charge in [-0.3, -0.25) is 15.4 Å². The van der Waals surface area contributed by atoms with E-state index in [0.29, 0.717) is 6.07 Å². The second-order valence-electron chi connectivity index (χ2n) is 3.76. The molecule has 1 rings (SSSR count). The van der Waals surface area contributed by atoms with Gasteiger partial charge in [0.1, 0.15) is 0 Å². The van der Waals surface area contributed by atoms with Gasteiger partial charge in [-0.15, -0.1) is 0 Å². The zero-order valence-electron chi connectivity index (χ0n) is 10.5. The second-order valence-corrected chi connectivity index (χ2v) is 3.76. The Morgan fingerprint density at radius 2 is 1.95 bits per heavy atom. The summed E-state index contributed by atoms with van der Waals surface area (Å²) < 4.78 is 37.8. The maximum atomic E-state index is 12.6. The smallest absolute Gasteiger partial charge is 0.358 e. The summed E-state index contributed by atoms with van der Waals surface area (Å²) in [6, 6.07) is 2.50. The Labute approximate surface area is 112 Å². The van der Waals surface area contributed by atoms with E-state index in [-0.39, 0.29) is 17.8 Å². The van der Waals surface area contributed by atoms with E-state index in [0.717, 1.165) is 12.1 Å². The molecule has 2 amide bonds. The van der Waals surface area contributed by atoms with Crippen LogP contribution in [0.25, 0.3) is 0 Å². The summed E-state index contributed by atoms with van der Waals surface area (Å²) >= 11 is 0. The van der Waals surface area contributed by atoms with E-state index in [1.165, 1.54) is 7.05 Å². The molecule has 0 aliphatic carbocycles. The van der Waals surface area contributed by atoms with Crippen molar-refractivity contribution in [2.24, 2.45) is 5.84 Å². The van der Waals surface area contributed by atoms with Gasteiger partial charge in [-0.1, -0.05) is 0 Å². The van der Waals surface area contributed by atoms with E-state index < -0.39 is 23.6 Å². The Balaban J connectivity index is 3.02. The lowest BCUT2D eigenvalue weighted by molar-refractivity contribution is -0.137. The third-order valence-electron chi connectivity index (χ3n) is 2.44. The Hall–Kier alpha value is -2.29. The molecule has 1 aromatic rings. The molecule has 0 radical (unpaired) electrons. The first-order valence-electron chi connectivity index (χ1n) is 5.46. The fourth-order valence-corrected chi connectivity index (χ4v) is 1.38. The van der Waals surface area contributed by atoms with Crippen LogP contribution in [0.1, 0.15) is 15.9 Å². The summed E-state index contributed by atoms with van der Waals surface area (Å²) in [7, 11) is 1.37. The van der Waals surface area contributed by atoms with E-state index in [4.69, 9.17) is 5.84 Å². The van der Waals surface area contributed by atoms with Crippen molar-refractivity contribution in [3.05, 3.63) is 29.3 Å². The molecule has 0 heterocycles. The minimum atomic E-state index is -4.58. The number of nitrogens with two attached hydrogens (primary N) is 1. The van der Waals surface area contributed by atoms with Crippen molar-refractivity contribution in [1.82, 2.24) is 10.6 Å². The average Bonchev–Trinajstić information content (AvgIpc) is 2.42. The standard InChI is InChI=1S/C11H13F3N4O2/c1-16-9(19)5-17-10(20)7-4-6(11(12,13)14)2-3-8(7)18-15/h2-4,18H,5,15H2,1H3,(H,16,19)(H,17,20). The Morgan fingerprint density at radius 1 is 1.30 bits per heavy atom. The zero-order chi connectivity index (χ0) is 15.3. The first-order valence-corrected chi connectivity index (χ1v) is 5.46. The normalized spacial score (nSPS) is 10.8. The molecule has 6 nitrogen and oxygen atoms in total. The lowest BCUT2D eigenvalue weighted by Crippen LogP contribution is -2.35. The molecule has 0 saturated heterocycles. The van der Waals surface area contributed by atoms with Crippen molar-refractivity contribution < 1.29 is 22.8 Å². The van der Waals surface area contributed by atoms with Crippen LogP contribution in [0, 0.1) is 0 Å². The first kappa shape index (κ1) is 15.8. The van der Waals surface area contributed by atoms with Gasteiger partial charge >= 0.3 is 6.18 Å². The minimum Gasteiger partial charge on any atom is -0.358 e. The van der Waals surface area contributed by atoms with Crippen molar-refractivity contribution in [3.63, 3.8) is 0 Å². The van der Waals surface area contributed by atoms with Crippen molar-refractivity contribution in [3.8, 4) is 0 Å². The number of hydrogen-bond acceptors (Lipinski definition) is 4. The van der Waals surface area contributed by atoms with E-state index in [1.54, 1.807) is 0 Å². The van der Waals surface area contributed by atoms with Crippen LogP contribution in [-0.4, -0.2) is 25.4 Å². The van der Waals surface area contributed by atoms with Gasteiger partial charge < -0.3 is 16.1 Å². The van der Waals surface area contributed by atoms with Crippen LogP contribution in [0.2, 0.25) is 0 Å². The number of hydrazine groups is 1. The van der Waals surface area contributed by atoms with Crippen LogP contribution >= 0.6 is 0 Å². The molecule has 20 heavy (non-hydrogen) atoms. The highest BCUT2D eigenvalue weighted by molar-refractivity contribution is 6.01. The Kier molecular flexibility index (Phi) is 4.92. The predicted molar refractivity (Wildman–Crippen MR) is 65.7 cm³/mol. The number of likely N-dealkylation sites (N-methyl/N-ethyl adjacent to an activating group) is 1. The highest BCUT2D eigenvalue weighted by Gasteiger charge is 2.31. The lowest BCUT2D eigenvalue weighted by atomic mass is 10.1. The molecule has 0 aliphatic heterocycles. The van der Waals surface area contributed by atoms with E-state index >= 15 is 0 Å². The third-order valence-corrected chi connectivity index (χ3v) is 2.44. The molecule has 0 atom stereocenters. The molecule has 0 saturated carbocycles. The SMILES string of the molecule is CNC(=O)CNC(=O)c1cc(C(F)(F)F)ccc1NN. The fraction of sp³-hybridized carbons (Fsp3) is 0.273. The maximum absolute atomic E-state index is 12.6. The highest BCUT2D eigenvalue weighted by atomic mass is 19.4.